The molecule has 0 spiro atoms. The lowest BCUT2D eigenvalue weighted by atomic mass is 10.2. The number of benzene rings is 2. The molecule has 2 aromatic rings. The SMILES string of the molecule is CCOP(c1ccccc1)c1ccc(C)cc1. The molecular weight excluding hydrogens is 227 g/mol. The normalized spacial score (nSPS) is 12.4. The lowest BCUT2D eigenvalue weighted by molar-refractivity contribution is 0.388. The third kappa shape index (κ3) is 3.15. The molecule has 0 radical (unpaired) electrons. The highest BCUT2D eigenvalue weighted by Gasteiger charge is 2.13. The zero-order valence-corrected chi connectivity index (χ0v) is 11.2. The predicted octanol–water partition coefficient (Wildman–Crippen LogP) is 3.38. The second-order valence-corrected chi connectivity index (χ2v) is 5.76. The summed E-state index contributed by atoms with van der Waals surface area (Å²) in [5, 5.41) is 2.55. The van der Waals surface area contributed by atoms with Crippen LogP contribution >= 0.6 is 8.15 Å². The van der Waals surface area contributed by atoms with E-state index in [0.717, 1.165) is 6.61 Å². The highest BCUT2D eigenvalue weighted by Crippen LogP contribution is 2.34. The van der Waals surface area contributed by atoms with Crippen LogP contribution in [0, 0.1) is 6.92 Å². The number of hydrogen-bond acceptors (Lipinski definition) is 1. The van der Waals surface area contributed by atoms with Crippen LogP contribution in [0.15, 0.2) is 54.6 Å². The van der Waals surface area contributed by atoms with Crippen LogP contribution in [0.2, 0.25) is 0 Å². The van der Waals surface area contributed by atoms with Gasteiger partial charge < -0.3 is 4.52 Å². The average Bonchev–Trinajstić information content (AvgIpc) is 2.38. The molecule has 2 aromatic carbocycles. The summed E-state index contributed by atoms with van der Waals surface area (Å²) in [7, 11) is -0.663. The highest BCUT2D eigenvalue weighted by atomic mass is 31.1. The van der Waals surface area contributed by atoms with Crippen molar-refractivity contribution in [3.63, 3.8) is 0 Å². The zero-order valence-electron chi connectivity index (χ0n) is 10.3. The van der Waals surface area contributed by atoms with Crippen LogP contribution in [0.4, 0.5) is 0 Å². The lowest BCUT2D eigenvalue weighted by Crippen LogP contribution is -2.13. The molecule has 0 aromatic heterocycles. The summed E-state index contributed by atoms with van der Waals surface area (Å²) in [6, 6.07) is 19.1. The third-order valence-electron chi connectivity index (χ3n) is 2.52. The summed E-state index contributed by atoms with van der Waals surface area (Å²) >= 11 is 0. The van der Waals surface area contributed by atoms with Crippen LogP contribution in [-0.2, 0) is 4.52 Å². The maximum absolute atomic E-state index is 5.92. The molecule has 88 valence electrons. The smallest absolute Gasteiger partial charge is 0.0917 e. The van der Waals surface area contributed by atoms with Gasteiger partial charge in [0.15, 0.2) is 0 Å². The topological polar surface area (TPSA) is 9.23 Å². The Morgan fingerprint density at radius 2 is 1.47 bits per heavy atom. The quantitative estimate of drug-likeness (QED) is 0.749. The molecule has 1 unspecified atom stereocenters. The van der Waals surface area contributed by atoms with Crippen LogP contribution in [0.5, 0.6) is 0 Å². The minimum absolute atomic E-state index is 0.663. The fourth-order valence-electron chi connectivity index (χ4n) is 1.67. The van der Waals surface area contributed by atoms with E-state index in [1.807, 2.05) is 13.0 Å². The van der Waals surface area contributed by atoms with Gasteiger partial charge in [-0.15, -0.1) is 0 Å². The van der Waals surface area contributed by atoms with Crippen molar-refractivity contribution < 1.29 is 4.52 Å². The van der Waals surface area contributed by atoms with Crippen LogP contribution in [0.3, 0.4) is 0 Å². The molecular formula is C15H17OP. The van der Waals surface area contributed by atoms with Gasteiger partial charge in [-0.1, -0.05) is 60.2 Å². The standard InChI is InChI=1S/C15H17OP/c1-3-16-17(14-7-5-4-6-8-14)15-11-9-13(2)10-12-15/h4-12H,3H2,1-2H3. The Bertz CT molecular complexity index is 450. The lowest BCUT2D eigenvalue weighted by Gasteiger charge is -2.17. The maximum Gasteiger partial charge on any atom is 0.0917 e. The van der Waals surface area contributed by atoms with Gasteiger partial charge in [-0.2, -0.15) is 0 Å². The van der Waals surface area contributed by atoms with Gasteiger partial charge >= 0.3 is 0 Å². The van der Waals surface area contributed by atoms with Gasteiger partial charge in [-0.3, -0.25) is 0 Å². The molecule has 17 heavy (non-hydrogen) atoms. The fourth-order valence-corrected chi connectivity index (χ4v) is 3.39. The van der Waals surface area contributed by atoms with E-state index >= 15 is 0 Å². The molecule has 2 heteroatoms. The van der Waals surface area contributed by atoms with Crippen molar-refractivity contribution >= 4 is 18.8 Å². The Balaban J connectivity index is 2.32. The van der Waals surface area contributed by atoms with Gasteiger partial charge in [0.25, 0.3) is 0 Å². The zero-order chi connectivity index (χ0) is 12.1. The Morgan fingerprint density at radius 1 is 0.882 bits per heavy atom. The number of hydrogen-bond donors (Lipinski definition) is 0. The Hall–Kier alpha value is -1.17. The van der Waals surface area contributed by atoms with E-state index in [4.69, 9.17) is 4.52 Å². The third-order valence-corrected chi connectivity index (χ3v) is 4.57. The first kappa shape index (κ1) is 12.3. The van der Waals surface area contributed by atoms with Crippen molar-refractivity contribution in [1.82, 2.24) is 0 Å². The summed E-state index contributed by atoms with van der Waals surface area (Å²) in [6.45, 7) is 4.90. The average molecular weight is 244 g/mol. The number of aryl methyl sites for hydroxylation is 1. The predicted molar refractivity (Wildman–Crippen MR) is 75.4 cm³/mol. The first-order valence-corrected chi connectivity index (χ1v) is 7.12. The van der Waals surface area contributed by atoms with Crippen LogP contribution in [0.25, 0.3) is 0 Å². The number of rotatable bonds is 4. The first-order valence-electron chi connectivity index (χ1n) is 5.86. The molecule has 0 aliphatic carbocycles. The molecule has 0 bridgehead atoms. The summed E-state index contributed by atoms with van der Waals surface area (Å²) in [4.78, 5) is 0. The molecule has 0 heterocycles. The molecule has 2 rings (SSSR count). The van der Waals surface area contributed by atoms with E-state index in [-0.39, 0.29) is 0 Å². The maximum atomic E-state index is 5.92. The molecule has 0 saturated heterocycles. The minimum Gasteiger partial charge on any atom is -0.350 e. The van der Waals surface area contributed by atoms with E-state index in [1.54, 1.807) is 0 Å². The van der Waals surface area contributed by atoms with Gasteiger partial charge in [0.05, 0.1) is 8.15 Å². The van der Waals surface area contributed by atoms with Gasteiger partial charge in [0.2, 0.25) is 0 Å². The van der Waals surface area contributed by atoms with Crippen LogP contribution in [0.1, 0.15) is 12.5 Å². The highest BCUT2D eigenvalue weighted by molar-refractivity contribution is 7.68. The molecule has 0 saturated carbocycles. The van der Waals surface area contributed by atoms with Gasteiger partial charge in [0, 0.05) is 17.2 Å². The van der Waals surface area contributed by atoms with Crippen molar-refractivity contribution in [1.29, 1.82) is 0 Å². The van der Waals surface area contributed by atoms with Crippen molar-refractivity contribution in [2.24, 2.45) is 0 Å². The molecule has 0 aliphatic heterocycles. The van der Waals surface area contributed by atoms with Gasteiger partial charge in [0.1, 0.15) is 0 Å². The molecule has 1 nitrogen and oxygen atoms in total. The molecule has 0 fully saturated rings. The summed E-state index contributed by atoms with van der Waals surface area (Å²) in [5.74, 6) is 0. The van der Waals surface area contributed by atoms with Crippen LogP contribution < -0.4 is 10.6 Å². The van der Waals surface area contributed by atoms with E-state index in [2.05, 4.69) is 55.5 Å². The molecule has 1 atom stereocenters. The Kier molecular flexibility index (Phi) is 4.30. The fraction of sp³-hybridized carbons (Fsp3) is 0.200. The van der Waals surface area contributed by atoms with Crippen molar-refractivity contribution in [2.45, 2.75) is 13.8 Å². The second kappa shape index (κ2) is 5.95. The van der Waals surface area contributed by atoms with E-state index in [9.17, 15) is 0 Å². The van der Waals surface area contributed by atoms with Crippen LogP contribution in [-0.4, -0.2) is 6.61 Å². The Labute approximate surface area is 104 Å². The molecule has 0 amide bonds. The van der Waals surface area contributed by atoms with Crippen molar-refractivity contribution in [3.8, 4) is 0 Å². The van der Waals surface area contributed by atoms with Crippen molar-refractivity contribution in [3.05, 3.63) is 60.2 Å². The second-order valence-electron chi connectivity index (χ2n) is 3.88. The largest absolute Gasteiger partial charge is 0.350 e. The van der Waals surface area contributed by atoms with E-state index < -0.39 is 8.15 Å². The molecule has 0 aliphatic rings. The first-order chi connectivity index (χ1) is 8.31. The Morgan fingerprint density at radius 3 is 2.06 bits per heavy atom. The summed E-state index contributed by atoms with van der Waals surface area (Å²) in [6.07, 6.45) is 0. The summed E-state index contributed by atoms with van der Waals surface area (Å²) < 4.78 is 5.92. The molecule has 0 N–H and O–H groups in total. The van der Waals surface area contributed by atoms with E-state index in [0.29, 0.717) is 0 Å². The monoisotopic (exact) mass is 244 g/mol. The van der Waals surface area contributed by atoms with E-state index in [1.165, 1.54) is 16.2 Å². The minimum atomic E-state index is -0.663. The van der Waals surface area contributed by atoms with Crippen molar-refractivity contribution in [2.75, 3.05) is 6.61 Å². The summed E-state index contributed by atoms with van der Waals surface area (Å²) in [5.41, 5.74) is 1.29. The van der Waals surface area contributed by atoms with Gasteiger partial charge in [-0.05, 0) is 13.8 Å². The van der Waals surface area contributed by atoms with Gasteiger partial charge in [-0.25, -0.2) is 0 Å².